The summed E-state index contributed by atoms with van der Waals surface area (Å²) in [4.78, 5) is 43.9. The van der Waals surface area contributed by atoms with E-state index in [9.17, 15) is 19.2 Å². The molecule has 0 radical (unpaired) electrons. The van der Waals surface area contributed by atoms with E-state index in [1.807, 2.05) is 0 Å². The van der Waals surface area contributed by atoms with Crippen molar-refractivity contribution in [1.82, 2.24) is 16.0 Å². The van der Waals surface area contributed by atoms with Crippen molar-refractivity contribution in [2.45, 2.75) is 0 Å². The highest BCUT2D eigenvalue weighted by Gasteiger charge is 2.12. The second kappa shape index (κ2) is 10.0. The van der Waals surface area contributed by atoms with Crippen LogP contribution in [0, 0.1) is 0 Å². The number of hydrogen-bond acceptors (Lipinski definition) is 7. The summed E-state index contributed by atoms with van der Waals surface area (Å²) in [5.41, 5.74) is 0. The van der Waals surface area contributed by atoms with E-state index >= 15 is 0 Å². The van der Waals surface area contributed by atoms with Gasteiger partial charge in [-0.25, -0.2) is 0 Å². The summed E-state index contributed by atoms with van der Waals surface area (Å²) >= 11 is 0. The molecule has 0 saturated heterocycles. The predicted molar refractivity (Wildman–Crippen MR) is 67.9 cm³/mol. The van der Waals surface area contributed by atoms with Crippen molar-refractivity contribution in [3.63, 3.8) is 0 Å². The molecule has 0 aliphatic heterocycles. The first-order valence-corrected chi connectivity index (χ1v) is 5.24. The number of carbonyl (C=O) groups is 4. The van der Waals surface area contributed by atoms with Gasteiger partial charge in [-0.15, -0.1) is 0 Å². The number of rotatable bonds is 10. The van der Waals surface area contributed by atoms with Gasteiger partial charge in [0.2, 0.25) is 0 Å². The van der Waals surface area contributed by atoms with E-state index in [1.165, 1.54) is 0 Å². The van der Waals surface area contributed by atoms with Crippen LogP contribution in [-0.2, 0) is 19.2 Å². The molecule has 0 amide bonds. The zero-order chi connectivity index (χ0) is 15.7. The van der Waals surface area contributed by atoms with Gasteiger partial charge < -0.3 is 36.4 Å². The molecule has 21 heavy (non-hydrogen) atoms. The Hall–Kier alpha value is -2.82. The quantitative estimate of drug-likeness (QED) is 0.317. The number of hydrogen-bond donors (Lipinski definition) is 5. The van der Waals surface area contributed by atoms with Crippen molar-refractivity contribution < 1.29 is 39.6 Å². The van der Waals surface area contributed by atoms with Crippen LogP contribution in [0.3, 0.4) is 0 Å². The predicted octanol–water partition coefficient (Wildman–Crippen LogP) is -1.44. The lowest BCUT2D eigenvalue weighted by atomic mass is 10.4. The lowest BCUT2D eigenvalue weighted by Gasteiger charge is -2.19. The molecule has 11 heteroatoms. The molecule has 0 atom stereocenters. The van der Waals surface area contributed by atoms with Crippen molar-refractivity contribution >= 4 is 23.9 Å². The minimum absolute atomic E-state index is 0. The Morgan fingerprint density at radius 2 is 0.810 bits per heavy atom. The lowest BCUT2D eigenvalue weighted by Crippen LogP contribution is -2.33. The van der Waals surface area contributed by atoms with Gasteiger partial charge in [-0.1, -0.05) is 0 Å². The number of nitrogens with zero attached hydrogens (tertiary/aromatic N) is 2. The van der Waals surface area contributed by atoms with Crippen LogP contribution in [0.2, 0.25) is 0 Å². The topological polar surface area (TPSA) is 191 Å². The largest absolute Gasteiger partial charge is 0.480 e. The summed E-state index contributed by atoms with van der Waals surface area (Å²) in [5, 5.41) is 34.3. The molecular weight excluding hydrogens is 290 g/mol. The Bertz CT molecular complexity index is 353. The first kappa shape index (κ1) is 20.5. The van der Waals surface area contributed by atoms with E-state index in [-0.39, 0.29) is 6.15 Å². The highest BCUT2D eigenvalue weighted by atomic mass is 16.4. The van der Waals surface area contributed by atoms with Crippen LogP contribution in [0.25, 0.3) is 0 Å². The van der Waals surface area contributed by atoms with Gasteiger partial charge in [0.25, 0.3) is 0 Å². The Morgan fingerprint density at radius 3 is 0.952 bits per heavy atom. The van der Waals surface area contributed by atoms with Crippen LogP contribution in [0.1, 0.15) is 0 Å². The second-order valence-corrected chi connectivity index (χ2v) is 3.68. The van der Waals surface area contributed by atoms with Crippen LogP contribution < -0.4 is 6.15 Å². The normalized spacial score (nSPS) is 9.71. The molecule has 0 rings (SSSR count). The van der Waals surface area contributed by atoms with Crippen LogP contribution >= 0.6 is 0 Å². The molecule has 0 unspecified atom stereocenters. The summed E-state index contributed by atoms with van der Waals surface area (Å²) in [7, 11) is 0. The van der Waals surface area contributed by atoms with E-state index in [4.69, 9.17) is 20.4 Å². The molecule has 0 aromatic rings. The van der Waals surface area contributed by atoms with Gasteiger partial charge >= 0.3 is 23.9 Å². The first-order valence-electron chi connectivity index (χ1n) is 5.24. The monoisotopic (exact) mass is 307 g/mol. The Morgan fingerprint density at radius 1 is 0.619 bits per heavy atom. The van der Waals surface area contributed by atoms with Crippen molar-refractivity contribution in [2.75, 3.05) is 26.2 Å². The maximum absolute atomic E-state index is 10.5. The minimum atomic E-state index is -1.28. The molecule has 0 aliphatic rings. The molecule has 0 saturated carbocycles. The zero-order valence-corrected chi connectivity index (χ0v) is 11.0. The smallest absolute Gasteiger partial charge is 0.323 e. The second-order valence-electron chi connectivity index (χ2n) is 3.68. The summed E-state index contributed by atoms with van der Waals surface area (Å²) in [6, 6.07) is 0. The van der Waals surface area contributed by atoms with Gasteiger partial charge in [-0.05, 0) is 0 Å². The standard InChI is InChI=1S/C10H14N2O8.H3N/c13-7(14)3-11(4-8(15)16)1-2-12(5-9(17)18)6-10(19)20;/h1-2H,3-6H2,(H,13,14)(H,15,16)(H,17,18)(H,19,20);1H3. The van der Waals surface area contributed by atoms with Gasteiger partial charge in [-0.3, -0.25) is 19.2 Å². The van der Waals surface area contributed by atoms with Gasteiger partial charge in [0.1, 0.15) is 26.2 Å². The summed E-state index contributed by atoms with van der Waals surface area (Å²) in [6.07, 6.45) is 2.04. The molecule has 0 aromatic heterocycles. The van der Waals surface area contributed by atoms with Crippen molar-refractivity contribution in [3.8, 4) is 0 Å². The highest BCUT2D eigenvalue weighted by Crippen LogP contribution is 1.95. The molecule has 0 spiro atoms. The molecule has 120 valence electrons. The summed E-state index contributed by atoms with van der Waals surface area (Å²) in [6.45, 7) is -2.46. The molecule has 0 heterocycles. The lowest BCUT2D eigenvalue weighted by molar-refractivity contribution is -0.143. The third-order valence-electron chi connectivity index (χ3n) is 1.84. The molecule has 11 nitrogen and oxygen atoms in total. The van der Waals surface area contributed by atoms with E-state index in [2.05, 4.69) is 0 Å². The summed E-state index contributed by atoms with van der Waals surface area (Å²) in [5.74, 6) is -5.12. The van der Waals surface area contributed by atoms with Crippen molar-refractivity contribution in [3.05, 3.63) is 12.4 Å². The van der Waals surface area contributed by atoms with Gasteiger partial charge in [0, 0.05) is 12.4 Å². The van der Waals surface area contributed by atoms with E-state index in [0.29, 0.717) is 0 Å². The third-order valence-corrected chi connectivity index (χ3v) is 1.84. The highest BCUT2D eigenvalue weighted by molar-refractivity contribution is 5.73. The Balaban J connectivity index is 0. The van der Waals surface area contributed by atoms with E-state index < -0.39 is 50.1 Å². The number of carboxylic acids is 4. The van der Waals surface area contributed by atoms with Gasteiger partial charge in [0.15, 0.2) is 0 Å². The van der Waals surface area contributed by atoms with Crippen LogP contribution in [0.4, 0.5) is 0 Å². The third kappa shape index (κ3) is 12.0. The Labute approximate surface area is 119 Å². The summed E-state index contributed by atoms with van der Waals surface area (Å²) < 4.78 is 0. The SMILES string of the molecule is N.O=C(O)CN(C=CN(CC(=O)O)CC(=O)O)CC(=O)O. The van der Waals surface area contributed by atoms with E-state index in [0.717, 1.165) is 22.2 Å². The molecule has 7 N–H and O–H groups in total. The average Bonchev–Trinajstić information content (AvgIpc) is 2.22. The van der Waals surface area contributed by atoms with Crippen LogP contribution in [0.15, 0.2) is 12.4 Å². The van der Waals surface area contributed by atoms with Crippen LogP contribution in [0.5, 0.6) is 0 Å². The number of carboxylic acid groups (broad SMARTS) is 4. The Kier molecular flexibility index (Phi) is 9.79. The van der Waals surface area contributed by atoms with E-state index in [1.54, 1.807) is 0 Å². The average molecular weight is 307 g/mol. The van der Waals surface area contributed by atoms with Crippen LogP contribution in [-0.4, -0.2) is 80.3 Å². The molecule has 0 aliphatic carbocycles. The van der Waals surface area contributed by atoms with Gasteiger partial charge in [0.05, 0.1) is 0 Å². The number of aliphatic carboxylic acids is 4. The van der Waals surface area contributed by atoms with Crippen molar-refractivity contribution in [2.24, 2.45) is 0 Å². The fraction of sp³-hybridized carbons (Fsp3) is 0.400. The molecule has 0 bridgehead atoms. The fourth-order valence-corrected chi connectivity index (χ4v) is 1.21. The molecular formula is C10H17N3O8. The van der Waals surface area contributed by atoms with Crippen molar-refractivity contribution in [1.29, 1.82) is 0 Å². The first-order chi connectivity index (χ1) is 9.20. The fourth-order valence-electron chi connectivity index (χ4n) is 1.21. The zero-order valence-electron chi connectivity index (χ0n) is 11.0. The minimum Gasteiger partial charge on any atom is -0.480 e. The maximum Gasteiger partial charge on any atom is 0.323 e. The molecule has 0 fully saturated rings. The van der Waals surface area contributed by atoms with Gasteiger partial charge in [-0.2, -0.15) is 0 Å². The maximum atomic E-state index is 10.5. The molecule has 0 aromatic carbocycles.